The Hall–Kier alpha value is -0.950. The third kappa shape index (κ3) is 22.3. The van der Waals surface area contributed by atoms with E-state index in [1.54, 1.807) is 11.8 Å². The van der Waals surface area contributed by atoms with E-state index in [9.17, 15) is 9.59 Å². The molecule has 1 aliphatic heterocycles. The Morgan fingerprint density at radius 1 is 0.732 bits per heavy atom. The van der Waals surface area contributed by atoms with Gasteiger partial charge in [-0.1, -0.05) is 34.6 Å². The molecule has 10 nitrogen and oxygen atoms in total. The van der Waals surface area contributed by atoms with Crippen LogP contribution >= 0.6 is 11.8 Å². The molecule has 0 unspecified atom stereocenters. The summed E-state index contributed by atoms with van der Waals surface area (Å²) in [5.74, 6) is 0.555. The van der Waals surface area contributed by atoms with E-state index < -0.39 is 0 Å². The highest BCUT2D eigenvalue weighted by Crippen LogP contribution is 2.29. The van der Waals surface area contributed by atoms with E-state index >= 15 is 0 Å². The van der Waals surface area contributed by atoms with Gasteiger partial charge in [-0.25, -0.2) is 0 Å². The molecule has 1 fully saturated rings. The van der Waals surface area contributed by atoms with Crippen molar-refractivity contribution in [3.63, 3.8) is 0 Å². The quantitative estimate of drug-likeness (QED) is 0.167. The van der Waals surface area contributed by atoms with Gasteiger partial charge in [0.1, 0.15) is 0 Å². The summed E-state index contributed by atoms with van der Waals surface area (Å²) in [4.78, 5) is 29.3. The number of rotatable bonds is 24. The zero-order valence-electron chi connectivity index (χ0n) is 26.8. The number of nitrogens with zero attached hydrogens (tertiary/aromatic N) is 2. The highest BCUT2D eigenvalue weighted by Gasteiger charge is 2.25. The fourth-order valence-corrected chi connectivity index (χ4v) is 4.78. The van der Waals surface area contributed by atoms with Crippen LogP contribution in [0.3, 0.4) is 0 Å². The van der Waals surface area contributed by atoms with E-state index in [0.717, 1.165) is 65.4 Å². The maximum Gasteiger partial charge on any atom is 0.230 e. The van der Waals surface area contributed by atoms with E-state index in [-0.39, 0.29) is 16.6 Å². The Morgan fingerprint density at radius 3 is 1.85 bits per heavy atom. The van der Waals surface area contributed by atoms with Crippen LogP contribution in [0.2, 0.25) is 0 Å². The summed E-state index contributed by atoms with van der Waals surface area (Å²) < 4.78 is 27.3. The van der Waals surface area contributed by atoms with Crippen LogP contribution in [0.1, 0.15) is 60.8 Å². The molecule has 0 aromatic heterocycles. The molecule has 0 radical (unpaired) electrons. The van der Waals surface area contributed by atoms with Crippen LogP contribution in [0.5, 0.6) is 0 Å². The lowest BCUT2D eigenvalue weighted by atomic mass is 9.93. The van der Waals surface area contributed by atoms with Gasteiger partial charge in [0.05, 0.1) is 58.6 Å². The summed E-state index contributed by atoms with van der Waals surface area (Å²) >= 11 is 1.59. The van der Waals surface area contributed by atoms with Gasteiger partial charge >= 0.3 is 0 Å². The summed E-state index contributed by atoms with van der Waals surface area (Å²) in [5, 5.41) is 2.90. The molecule has 0 atom stereocenters. The predicted octanol–water partition coefficient (Wildman–Crippen LogP) is 3.08. The number of ether oxygens (including phenoxy) is 5. The Balaban J connectivity index is 1.95. The number of hydrogen-bond donors (Lipinski definition) is 1. The Kier molecular flexibility index (Phi) is 21.0. The molecule has 242 valence electrons. The minimum atomic E-state index is -0.150. The molecular formula is C30H59N3O7S. The smallest absolute Gasteiger partial charge is 0.230 e. The molecule has 0 aromatic carbocycles. The molecule has 1 N–H and O–H groups in total. The normalized spacial score (nSPS) is 14.9. The number of hydrogen-bond acceptors (Lipinski definition) is 9. The van der Waals surface area contributed by atoms with Crippen LogP contribution in [-0.4, -0.2) is 137 Å². The molecular weight excluding hydrogens is 546 g/mol. The van der Waals surface area contributed by atoms with Gasteiger partial charge in [-0.05, 0) is 25.2 Å². The number of amides is 2. The van der Waals surface area contributed by atoms with Crippen LogP contribution in [0, 0.1) is 5.41 Å². The van der Waals surface area contributed by atoms with E-state index in [0.29, 0.717) is 70.4 Å². The third-order valence-electron chi connectivity index (χ3n) is 6.70. The van der Waals surface area contributed by atoms with Crippen LogP contribution < -0.4 is 5.32 Å². The van der Waals surface area contributed by atoms with E-state index in [1.165, 1.54) is 0 Å². The molecule has 0 spiro atoms. The molecule has 11 heteroatoms. The van der Waals surface area contributed by atoms with Crippen molar-refractivity contribution in [2.24, 2.45) is 5.41 Å². The SMILES string of the molecule is CCOCCN1CCN(C(=O)CCC(C)(C)SCC(=O)NCCOCCOCCOCCOCCC(C)(C)C)CC1. The second-order valence-electron chi connectivity index (χ2n) is 12.1. The molecule has 1 rings (SSSR count). The Labute approximate surface area is 253 Å². The molecule has 0 aromatic rings. The molecule has 2 amide bonds. The first kappa shape index (κ1) is 38.1. The number of carbonyl (C=O) groups is 2. The topological polar surface area (TPSA) is 98.8 Å². The van der Waals surface area contributed by atoms with Crippen LogP contribution in [0.15, 0.2) is 0 Å². The average Bonchev–Trinajstić information content (AvgIpc) is 2.92. The highest BCUT2D eigenvalue weighted by molar-refractivity contribution is 8.01. The van der Waals surface area contributed by atoms with Gasteiger partial charge in [0.15, 0.2) is 0 Å². The van der Waals surface area contributed by atoms with Gasteiger partial charge < -0.3 is 33.9 Å². The van der Waals surface area contributed by atoms with Crippen molar-refractivity contribution in [2.75, 3.05) is 111 Å². The van der Waals surface area contributed by atoms with E-state index in [2.05, 4.69) is 44.8 Å². The molecule has 0 saturated carbocycles. The second kappa shape index (κ2) is 22.6. The molecule has 1 saturated heterocycles. The highest BCUT2D eigenvalue weighted by atomic mass is 32.2. The van der Waals surface area contributed by atoms with Gasteiger partial charge in [0.25, 0.3) is 0 Å². The molecule has 1 aliphatic rings. The summed E-state index contributed by atoms with van der Waals surface area (Å²) in [6.45, 7) is 23.4. The van der Waals surface area contributed by atoms with E-state index in [4.69, 9.17) is 23.7 Å². The number of piperazine rings is 1. The van der Waals surface area contributed by atoms with Gasteiger partial charge in [0.2, 0.25) is 11.8 Å². The third-order valence-corrected chi connectivity index (χ3v) is 8.09. The first-order valence-electron chi connectivity index (χ1n) is 15.3. The minimum Gasteiger partial charge on any atom is -0.380 e. The average molecular weight is 606 g/mol. The van der Waals surface area contributed by atoms with Crippen LogP contribution in [0.4, 0.5) is 0 Å². The minimum absolute atomic E-state index is 0.0167. The Morgan fingerprint density at radius 2 is 1.29 bits per heavy atom. The van der Waals surface area contributed by atoms with Crippen molar-refractivity contribution in [3.05, 3.63) is 0 Å². The van der Waals surface area contributed by atoms with Crippen LogP contribution in [0.25, 0.3) is 0 Å². The predicted molar refractivity (Wildman–Crippen MR) is 166 cm³/mol. The maximum atomic E-state index is 12.7. The van der Waals surface area contributed by atoms with Gasteiger partial charge in [-0.2, -0.15) is 0 Å². The standard InChI is InChI=1S/C30H59N3O7S/c1-7-36-19-16-32-12-14-33(15-13-32)28(35)8-9-30(5,6)41-26-27(34)31-11-18-38-21-23-40-25-24-39-22-20-37-17-10-29(2,3)4/h7-26H2,1-6H3,(H,31,34). The lowest BCUT2D eigenvalue weighted by molar-refractivity contribution is -0.133. The lowest BCUT2D eigenvalue weighted by Crippen LogP contribution is -2.49. The zero-order chi connectivity index (χ0) is 30.4. The van der Waals surface area contributed by atoms with Crippen molar-refractivity contribution >= 4 is 23.6 Å². The summed E-state index contributed by atoms with van der Waals surface area (Å²) in [6.07, 6.45) is 2.29. The monoisotopic (exact) mass is 605 g/mol. The first-order valence-corrected chi connectivity index (χ1v) is 16.3. The maximum absolute atomic E-state index is 12.7. The van der Waals surface area contributed by atoms with Gasteiger partial charge in [0, 0.05) is 63.7 Å². The van der Waals surface area contributed by atoms with Crippen molar-refractivity contribution in [3.8, 4) is 0 Å². The first-order chi connectivity index (χ1) is 19.5. The number of nitrogens with one attached hydrogen (secondary N) is 1. The van der Waals surface area contributed by atoms with E-state index in [1.807, 2.05) is 11.8 Å². The second-order valence-corrected chi connectivity index (χ2v) is 13.8. The van der Waals surface area contributed by atoms with Crippen molar-refractivity contribution in [1.29, 1.82) is 0 Å². The summed E-state index contributed by atoms with van der Waals surface area (Å²) in [5.41, 5.74) is 0.295. The lowest BCUT2D eigenvalue weighted by Gasteiger charge is -2.35. The number of carbonyl (C=O) groups excluding carboxylic acids is 2. The van der Waals surface area contributed by atoms with Crippen molar-refractivity contribution in [1.82, 2.24) is 15.1 Å². The fraction of sp³-hybridized carbons (Fsp3) is 0.933. The van der Waals surface area contributed by atoms with Crippen LogP contribution in [-0.2, 0) is 33.3 Å². The fourth-order valence-electron chi connectivity index (χ4n) is 3.91. The number of thioether (sulfide) groups is 1. The zero-order valence-corrected chi connectivity index (χ0v) is 27.6. The van der Waals surface area contributed by atoms with Crippen molar-refractivity contribution in [2.45, 2.75) is 65.6 Å². The molecule has 41 heavy (non-hydrogen) atoms. The van der Waals surface area contributed by atoms with Crippen molar-refractivity contribution < 1.29 is 33.3 Å². The Bertz CT molecular complexity index is 683. The summed E-state index contributed by atoms with van der Waals surface area (Å²) in [6, 6.07) is 0. The largest absolute Gasteiger partial charge is 0.380 e. The summed E-state index contributed by atoms with van der Waals surface area (Å²) in [7, 11) is 0. The van der Waals surface area contributed by atoms with Gasteiger partial charge in [-0.3, -0.25) is 14.5 Å². The molecule has 0 bridgehead atoms. The molecule has 0 aliphatic carbocycles. The molecule has 1 heterocycles. The van der Waals surface area contributed by atoms with Gasteiger partial charge in [-0.15, -0.1) is 11.8 Å².